The minimum absolute atomic E-state index is 0.875. The van der Waals surface area contributed by atoms with E-state index in [9.17, 15) is 0 Å². The summed E-state index contributed by atoms with van der Waals surface area (Å²) >= 11 is 1.76. The summed E-state index contributed by atoms with van der Waals surface area (Å²) in [6, 6.07) is 8.47. The van der Waals surface area contributed by atoms with Crippen LogP contribution in [0.5, 0.6) is 0 Å². The predicted octanol–water partition coefficient (Wildman–Crippen LogP) is 3.82. The molecule has 1 heterocycles. The zero-order valence-corrected chi connectivity index (χ0v) is 12.4. The number of aryl methyl sites for hydroxylation is 1. The summed E-state index contributed by atoms with van der Waals surface area (Å²) in [7, 11) is 0. The molecule has 100 valence electrons. The summed E-state index contributed by atoms with van der Waals surface area (Å²) in [5.74, 6) is 1.88. The van der Waals surface area contributed by atoms with E-state index in [2.05, 4.69) is 60.3 Å². The highest BCUT2D eigenvalue weighted by Gasteiger charge is 2.07. The fourth-order valence-electron chi connectivity index (χ4n) is 1.84. The predicted molar refractivity (Wildman–Crippen MR) is 81.7 cm³/mol. The van der Waals surface area contributed by atoms with E-state index in [1.807, 2.05) is 0 Å². The fourth-order valence-corrected chi connectivity index (χ4v) is 2.89. The van der Waals surface area contributed by atoms with Crippen molar-refractivity contribution in [3.63, 3.8) is 0 Å². The summed E-state index contributed by atoms with van der Waals surface area (Å²) in [5, 5.41) is 4.31. The van der Waals surface area contributed by atoms with Gasteiger partial charge in [-0.15, -0.1) is 11.8 Å². The molecule has 0 atom stereocenters. The number of rotatable bonds is 5. The first kappa shape index (κ1) is 13.9. The van der Waals surface area contributed by atoms with E-state index >= 15 is 0 Å². The number of thioether (sulfide) groups is 1. The van der Waals surface area contributed by atoms with Crippen LogP contribution in [-0.2, 0) is 5.75 Å². The van der Waals surface area contributed by atoms with Gasteiger partial charge in [0.15, 0.2) is 0 Å². The monoisotopic (exact) mass is 273 g/mol. The van der Waals surface area contributed by atoms with Gasteiger partial charge < -0.3 is 5.32 Å². The third-order valence-corrected chi connectivity index (χ3v) is 4.15. The average molecular weight is 273 g/mol. The highest BCUT2D eigenvalue weighted by atomic mass is 32.2. The van der Waals surface area contributed by atoms with Gasteiger partial charge in [-0.3, -0.25) is 0 Å². The Morgan fingerprint density at radius 2 is 1.95 bits per heavy atom. The van der Waals surface area contributed by atoms with Crippen LogP contribution in [0.3, 0.4) is 0 Å². The van der Waals surface area contributed by atoms with Crippen LogP contribution >= 0.6 is 11.8 Å². The molecule has 0 spiro atoms. The van der Waals surface area contributed by atoms with Gasteiger partial charge in [0, 0.05) is 17.9 Å². The number of aromatic nitrogens is 2. The Bertz CT molecular complexity index is 555. The third kappa shape index (κ3) is 3.47. The molecular weight excluding hydrogens is 254 g/mol. The van der Waals surface area contributed by atoms with Gasteiger partial charge in [0.1, 0.15) is 17.2 Å². The lowest BCUT2D eigenvalue weighted by Crippen LogP contribution is -2.03. The van der Waals surface area contributed by atoms with Gasteiger partial charge in [0.2, 0.25) is 0 Å². The van der Waals surface area contributed by atoms with Crippen LogP contribution in [0.1, 0.15) is 23.6 Å². The molecule has 0 fully saturated rings. The molecule has 19 heavy (non-hydrogen) atoms. The van der Waals surface area contributed by atoms with Gasteiger partial charge in [-0.05, 0) is 31.9 Å². The highest BCUT2D eigenvalue weighted by Crippen LogP contribution is 2.27. The number of anilines is 1. The minimum Gasteiger partial charge on any atom is -0.370 e. The van der Waals surface area contributed by atoms with Crippen molar-refractivity contribution in [1.29, 1.82) is 0 Å². The molecule has 1 N–H and O–H groups in total. The maximum Gasteiger partial charge on any atom is 0.133 e. The number of benzene rings is 1. The highest BCUT2D eigenvalue weighted by molar-refractivity contribution is 7.98. The Labute approximate surface area is 118 Å². The van der Waals surface area contributed by atoms with Crippen LogP contribution in [0.4, 0.5) is 5.82 Å². The molecule has 0 saturated heterocycles. The molecule has 0 amide bonds. The van der Waals surface area contributed by atoms with E-state index in [1.165, 1.54) is 11.1 Å². The quantitative estimate of drug-likeness (QED) is 0.664. The van der Waals surface area contributed by atoms with Gasteiger partial charge in [0.25, 0.3) is 0 Å². The van der Waals surface area contributed by atoms with E-state index in [0.29, 0.717) is 0 Å². The Kier molecular flexibility index (Phi) is 4.80. The molecule has 0 aliphatic rings. The Morgan fingerprint density at radius 1 is 1.16 bits per heavy atom. The van der Waals surface area contributed by atoms with Crippen molar-refractivity contribution in [1.82, 2.24) is 9.97 Å². The molecule has 0 aliphatic heterocycles. The molecule has 1 aromatic heterocycles. The fraction of sp³-hybridized carbons (Fsp3) is 0.333. The maximum absolute atomic E-state index is 4.38. The van der Waals surface area contributed by atoms with Gasteiger partial charge in [-0.2, -0.15) is 0 Å². The van der Waals surface area contributed by atoms with E-state index in [-0.39, 0.29) is 0 Å². The van der Waals surface area contributed by atoms with Crippen LogP contribution in [0.15, 0.2) is 35.6 Å². The molecule has 0 saturated carbocycles. The lowest BCUT2D eigenvalue weighted by atomic mass is 10.1. The van der Waals surface area contributed by atoms with Crippen molar-refractivity contribution in [2.45, 2.75) is 31.6 Å². The number of nitrogens with one attached hydrogen (secondary N) is 1. The molecule has 2 rings (SSSR count). The van der Waals surface area contributed by atoms with E-state index in [4.69, 9.17) is 0 Å². The Balaban J connectivity index is 2.12. The number of nitrogens with zero attached hydrogens (tertiary/aromatic N) is 2. The van der Waals surface area contributed by atoms with Gasteiger partial charge in [0.05, 0.1) is 0 Å². The van der Waals surface area contributed by atoms with Crippen LogP contribution in [-0.4, -0.2) is 16.5 Å². The van der Waals surface area contributed by atoms with E-state index in [0.717, 1.165) is 28.7 Å². The zero-order valence-electron chi connectivity index (χ0n) is 11.6. The summed E-state index contributed by atoms with van der Waals surface area (Å²) in [6.07, 6.45) is 1.63. The molecule has 0 aliphatic carbocycles. The topological polar surface area (TPSA) is 37.8 Å². The normalized spacial score (nSPS) is 10.5. The smallest absolute Gasteiger partial charge is 0.133 e. The summed E-state index contributed by atoms with van der Waals surface area (Å²) in [6.45, 7) is 7.16. The second kappa shape index (κ2) is 6.57. The summed E-state index contributed by atoms with van der Waals surface area (Å²) in [4.78, 5) is 8.64. The second-order valence-corrected chi connectivity index (χ2v) is 5.36. The van der Waals surface area contributed by atoms with Gasteiger partial charge in [-0.25, -0.2) is 9.97 Å². The molecule has 0 unspecified atom stereocenters. The summed E-state index contributed by atoms with van der Waals surface area (Å²) < 4.78 is 0. The molecule has 0 radical (unpaired) electrons. The lowest BCUT2D eigenvalue weighted by Gasteiger charge is -2.10. The molecule has 0 bridgehead atoms. The second-order valence-electron chi connectivity index (χ2n) is 4.40. The lowest BCUT2D eigenvalue weighted by molar-refractivity contribution is 0.990. The van der Waals surface area contributed by atoms with Crippen LogP contribution in [0, 0.1) is 13.8 Å². The Hall–Kier alpha value is -1.55. The van der Waals surface area contributed by atoms with Crippen molar-refractivity contribution < 1.29 is 0 Å². The zero-order chi connectivity index (χ0) is 13.7. The van der Waals surface area contributed by atoms with E-state index in [1.54, 1.807) is 18.1 Å². The molecule has 4 heteroatoms. The number of hydrogen-bond donors (Lipinski definition) is 1. The molecule has 3 nitrogen and oxygen atoms in total. The molecule has 1 aromatic carbocycles. The van der Waals surface area contributed by atoms with Crippen molar-refractivity contribution in [2.75, 3.05) is 11.9 Å². The molecule has 2 aromatic rings. The third-order valence-electron chi connectivity index (χ3n) is 3.01. The van der Waals surface area contributed by atoms with Crippen LogP contribution < -0.4 is 5.32 Å². The van der Waals surface area contributed by atoms with E-state index < -0.39 is 0 Å². The largest absolute Gasteiger partial charge is 0.370 e. The molecular formula is C15H19N3S. The standard InChI is InChI=1S/C15H19N3S/c1-4-16-14-12(3)15(18-10-17-14)19-9-13-8-6-5-7-11(13)2/h5-8,10H,4,9H2,1-3H3,(H,16,17,18). The first-order valence-corrected chi connectivity index (χ1v) is 7.43. The summed E-state index contributed by atoms with van der Waals surface area (Å²) in [5.41, 5.74) is 3.81. The van der Waals surface area contributed by atoms with Crippen molar-refractivity contribution in [3.05, 3.63) is 47.3 Å². The number of hydrogen-bond acceptors (Lipinski definition) is 4. The van der Waals surface area contributed by atoms with Gasteiger partial charge in [-0.1, -0.05) is 24.3 Å². The van der Waals surface area contributed by atoms with Crippen molar-refractivity contribution >= 4 is 17.6 Å². The SMILES string of the molecule is CCNc1ncnc(SCc2ccccc2C)c1C. The average Bonchev–Trinajstić information content (AvgIpc) is 2.42. The Morgan fingerprint density at radius 3 is 2.68 bits per heavy atom. The minimum atomic E-state index is 0.875. The van der Waals surface area contributed by atoms with Crippen molar-refractivity contribution in [2.24, 2.45) is 0 Å². The van der Waals surface area contributed by atoms with Gasteiger partial charge >= 0.3 is 0 Å². The van der Waals surface area contributed by atoms with Crippen molar-refractivity contribution in [3.8, 4) is 0 Å². The first-order chi connectivity index (χ1) is 9.22. The first-order valence-electron chi connectivity index (χ1n) is 6.45. The van der Waals surface area contributed by atoms with Crippen LogP contribution in [0.25, 0.3) is 0 Å². The maximum atomic E-state index is 4.38. The van der Waals surface area contributed by atoms with Crippen LogP contribution in [0.2, 0.25) is 0 Å².